The van der Waals surface area contributed by atoms with E-state index in [1.165, 1.54) is 12.1 Å². The molecule has 26 heavy (non-hydrogen) atoms. The first-order chi connectivity index (χ1) is 12.6. The zero-order valence-electron chi connectivity index (χ0n) is 14.0. The highest BCUT2D eigenvalue weighted by atomic mass is 16.7. The number of rotatable bonds is 3. The van der Waals surface area contributed by atoms with Crippen molar-refractivity contribution in [3.8, 4) is 23.0 Å². The summed E-state index contributed by atoms with van der Waals surface area (Å²) in [6.07, 6.45) is 0. The largest absolute Gasteiger partial charge is 0.508 e. The van der Waals surface area contributed by atoms with Gasteiger partial charge in [-0.25, -0.2) is 4.79 Å². The standard InChI is InChI=1S/C19H17NO6/c1-2-23-19(22)17-16(10-3-6-13-15(7-10)25-9-24-13)12-5-4-11(21)8-14(12)26-18(17)20/h3-8,16,21H,2,9,20H2,1H3. The second-order valence-electron chi connectivity index (χ2n) is 5.87. The molecular weight excluding hydrogens is 338 g/mol. The van der Waals surface area contributed by atoms with E-state index in [0.29, 0.717) is 22.8 Å². The van der Waals surface area contributed by atoms with Gasteiger partial charge in [-0.3, -0.25) is 0 Å². The number of ether oxygens (including phenoxy) is 4. The van der Waals surface area contributed by atoms with Gasteiger partial charge in [-0.1, -0.05) is 12.1 Å². The number of aromatic hydroxyl groups is 1. The highest BCUT2D eigenvalue weighted by molar-refractivity contribution is 5.92. The van der Waals surface area contributed by atoms with Crippen molar-refractivity contribution in [2.45, 2.75) is 12.8 Å². The van der Waals surface area contributed by atoms with Crippen LogP contribution >= 0.6 is 0 Å². The van der Waals surface area contributed by atoms with E-state index in [4.69, 9.17) is 24.7 Å². The second kappa shape index (κ2) is 6.18. The molecule has 0 spiro atoms. The molecule has 2 aliphatic rings. The van der Waals surface area contributed by atoms with Crippen molar-refractivity contribution in [1.82, 2.24) is 0 Å². The van der Waals surface area contributed by atoms with Crippen molar-refractivity contribution in [2.24, 2.45) is 5.73 Å². The fraction of sp³-hybridized carbons (Fsp3) is 0.211. The van der Waals surface area contributed by atoms with Crippen LogP contribution in [0.15, 0.2) is 47.9 Å². The lowest BCUT2D eigenvalue weighted by Gasteiger charge is -2.28. The fourth-order valence-electron chi connectivity index (χ4n) is 3.19. The molecular formula is C19H17NO6. The van der Waals surface area contributed by atoms with E-state index >= 15 is 0 Å². The zero-order chi connectivity index (χ0) is 18.3. The van der Waals surface area contributed by atoms with E-state index < -0.39 is 11.9 Å². The van der Waals surface area contributed by atoms with Crippen LogP contribution < -0.4 is 19.9 Å². The molecule has 2 aliphatic heterocycles. The molecule has 0 saturated heterocycles. The van der Waals surface area contributed by atoms with Gasteiger partial charge in [0.25, 0.3) is 0 Å². The lowest BCUT2D eigenvalue weighted by atomic mass is 9.83. The number of esters is 1. The van der Waals surface area contributed by atoms with Crippen molar-refractivity contribution < 1.29 is 28.8 Å². The SMILES string of the molecule is CCOC(=O)C1=C(N)Oc2cc(O)ccc2C1c1ccc2c(c1)OCO2. The summed E-state index contributed by atoms with van der Waals surface area (Å²) in [5.74, 6) is 0.541. The molecule has 134 valence electrons. The van der Waals surface area contributed by atoms with Crippen molar-refractivity contribution in [1.29, 1.82) is 0 Å². The Labute approximate surface area is 149 Å². The van der Waals surface area contributed by atoms with Gasteiger partial charge in [0.05, 0.1) is 12.5 Å². The van der Waals surface area contributed by atoms with Crippen LogP contribution in [0.5, 0.6) is 23.0 Å². The van der Waals surface area contributed by atoms with E-state index in [2.05, 4.69) is 0 Å². The Balaban J connectivity index is 1.88. The Morgan fingerprint density at radius 3 is 2.81 bits per heavy atom. The number of benzene rings is 2. The molecule has 4 rings (SSSR count). The van der Waals surface area contributed by atoms with Gasteiger partial charge in [-0.15, -0.1) is 0 Å². The van der Waals surface area contributed by atoms with E-state index in [-0.39, 0.29) is 30.6 Å². The number of carbonyl (C=O) groups is 1. The number of fused-ring (bicyclic) bond motifs is 2. The Bertz CT molecular complexity index is 920. The van der Waals surface area contributed by atoms with Gasteiger partial charge in [0.1, 0.15) is 17.1 Å². The van der Waals surface area contributed by atoms with E-state index in [9.17, 15) is 9.90 Å². The predicted octanol–water partition coefficient (Wildman–Crippen LogP) is 2.38. The highest BCUT2D eigenvalue weighted by Gasteiger charge is 2.36. The third kappa shape index (κ3) is 2.57. The van der Waals surface area contributed by atoms with Gasteiger partial charge >= 0.3 is 5.97 Å². The predicted molar refractivity (Wildman–Crippen MR) is 91.0 cm³/mol. The van der Waals surface area contributed by atoms with Crippen molar-refractivity contribution in [3.05, 3.63) is 59.0 Å². The lowest BCUT2D eigenvalue weighted by Crippen LogP contribution is -2.27. The molecule has 0 bridgehead atoms. The Kier molecular flexibility index (Phi) is 3.84. The van der Waals surface area contributed by atoms with E-state index in [0.717, 1.165) is 5.56 Å². The summed E-state index contributed by atoms with van der Waals surface area (Å²) in [7, 11) is 0. The van der Waals surface area contributed by atoms with Crippen LogP contribution in [-0.4, -0.2) is 24.5 Å². The smallest absolute Gasteiger partial charge is 0.340 e. The monoisotopic (exact) mass is 355 g/mol. The molecule has 2 aromatic carbocycles. The van der Waals surface area contributed by atoms with Crippen LogP contribution in [0.2, 0.25) is 0 Å². The third-order valence-electron chi connectivity index (χ3n) is 4.31. The first kappa shape index (κ1) is 16.1. The summed E-state index contributed by atoms with van der Waals surface area (Å²) in [6.45, 7) is 2.09. The average molecular weight is 355 g/mol. The fourth-order valence-corrected chi connectivity index (χ4v) is 3.19. The van der Waals surface area contributed by atoms with Crippen LogP contribution in [0.4, 0.5) is 0 Å². The Morgan fingerprint density at radius 1 is 1.19 bits per heavy atom. The number of carbonyl (C=O) groups excluding carboxylic acids is 1. The maximum absolute atomic E-state index is 12.6. The number of phenols is 1. The minimum absolute atomic E-state index is 0.0422. The van der Waals surface area contributed by atoms with E-state index in [1.54, 1.807) is 19.1 Å². The molecule has 7 heteroatoms. The van der Waals surface area contributed by atoms with Crippen molar-refractivity contribution in [3.63, 3.8) is 0 Å². The normalized spacial score (nSPS) is 17.5. The molecule has 0 aromatic heterocycles. The maximum Gasteiger partial charge on any atom is 0.340 e. The van der Waals surface area contributed by atoms with Crippen LogP contribution in [0.3, 0.4) is 0 Å². The van der Waals surface area contributed by atoms with Gasteiger partial charge in [-0.05, 0) is 30.7 Å². The van der Waals surface area contributed by atoms with Crippen LogP contribution in [0, 0.1) is 0 Å². The van der Waals surface area contributed by atoms with Crippen LogP contribution in [-0.2, 0) is 9.53 Å². The second-order valence-corrected chi connectivity index (χ2v) is 5.87. The van der Waals surface area contributed by atoms with Gasteiger partial charge in [0.15, 0.2) is 11.5 Å². The lowest BCUT2D eigenvalue weighted by molar-refractivity contribution is -0.139. The molecule has 1 unspecified atom stereocenters. The van der Waals surface area contributed by atoms with Gasteiger partial charge < -0.3 is 29.8 Å². The molecule has 0 amide bonds. The minimum Gasteiger partial charge on any atom is -0.508 e. The summed E-state index contributed by atoms with van der Waals surface area (Å²) in [5.41, 5.74) is 7.71. The average Bonchev–Trinajstić information content (AvgIpc) is 3.08. The number of nitrogens with two attached hydrogens (primary N) is 1. The topological polar surface area (TPSA) is 100 Å². The molecule has 0 aliphatic carbocycles. The van der Waals surface area contributed by atoms with Crippen molar-refractivity contribution in [2.75, 3.05) is 13.4 Å². The molecule has 2 aromatic rings. The minimum atomic E-state index is -0.550. The highest BCUT2D eigenvalue weighted by Crippen LogP contribution is 2.46. The van der Waals surface area contributed by atoms with Crippen LogP contribution in [0.1, 0.15) is 24.0 Å². The molecule has 0 fully saturated rings. The quantitative estimate of drug-likeness (QED) is 0.815. The maximum atomic E-state index is 12.6. The molecule has 3 N–H and O–H groups in total. The third-order valence-corrected chi connectivity index (χ3v) is 4.31. The van der Waals surface area contributed by atoms with Crippen molar-refractivity contribution >= 4 is 5.97 Å². The van der Waals surface area contributed by atoms with Gasteiger partial charge in [-0.2, -0.15) is 0 Å². The van der Waals surface area contributed by atoms with Gasteiger partial charge in [0.2, 0.25) is 12.7 Å². The van der Waals surface area contributed by atoms with E-state index in [1.807, 2.05) is 12.1 Å². The summed E-state index contributed by atoms with van der Waals surface area (Å²) < 4.78 is 21.6. The number of hydrogen-bond acceptors (Lipinski definition) is 7. The summed E-state index contributed by atoms with van der Waals surface area (Å²) in [5, 5.41) is 9.75. The number of hydrogen-bond donors (Lipinski definition) is 2. The molecule has 2 heterocycles. The first-order valence-corrected chi connectivity index (χ1v) is 8.15. The first-order valence-electron chi connectivity index (χ1n) is 8.15. The van der Waals surface area contributed by atoms with Gasteiger partial charge in [0, 0.05) is 11.6 Å². The Hall–Kier alpha value is -3.35. The summed E-state index contributed by atoms with van der Waals surface area (Å²) in [6, 6.07) is 10.1. The van der Waals surface area contributed by atoms with Crippen LogP contribution in [0.25, 0.3) is 0 Å². The zero-order valence-corrected chi connectivity index (χ0v) is 14.0. The molecule has 0 radical (unpaired) electrons. The summed E-state index contributed by atoms with van der Waals surface area (Å²) >= 11 is 0. The number of phenolic OH excluding ortho intramolecular Hbond substituents is 1. The summed E-state index contributed by atoms with van der Waals surface area (Å²) in [4.78, 5) is 12.6. The molecule has 1 atom stereocenters. The Morgan fingerprint density at radius 2 is 2.00 bits per heavy atom. The molecule has 7 nitrogen and oxygen atoms in total. The molecule has 0 saturated carbocycles.